The SMILES string of the molecule is Cc1ccc(C2(O)C(=O)Nc3ccccc32)c(C)c1. The van der Waals surface area contributed by atoms with Crippen LogP contribution in [0.15, 0.2) is 42.5 Å². The van der Waals surface area contributed by atoms with Crippen molar-refractivity contribution in [2.24, 2.45) is 0 Å². The van der Waals surface area contributed by atoms with Crippen molar-refractivity contribution in [2.75, 3.05) is 5.32 Å². The third-order valence-electron chi connectivity index (χ3n) is 3.67. The molecule has 0 aromatic heterocycles. The van der Waals surface area contributed by atoms with E-state index in [1.54, 1.807) is 12.1 Å². The minimum Gasteiger partial charge on any atom is -0.372 e. The molecule has 3 heteroatoms. The highest BCUT2D eigenvalue weighted by atomic mass is 16.3. The second-order valence-electron chi connectivity index (χ2n) is 5.03. The van der Waals surface area contributed by atoms with Crippen LogP contribution >= 0.6 is 0 Å². The van der Waals surface area contributed by atoms with Gasteiger partial charge in [0, 0.05) is 16.8 Å². The molecule has 96 valence electrons. The van der Waals surface area contributed by atoms with Crippen LogP contribution in [0.5, 0.6) is 0 Å². The molecule has 1 aliphatic rings. The molecule has 0 radical (unpaired) electrons. The summed E-state index contributed by atoms with van der Waals surface area (Å²) in [5, 5.41) is 13.7. The molecule has 19 heavy (non-hydrogen) atoms. The molecule has 3 rings (SSSR count). The van der Waals surface area contributed by atoms with Gasteiger partial charge in [0.1, 0.15) is 0 Å². The van der Waals surface area contributed by atoms with Crippen LogP contribution in [0.3, 0.4) is 0 Å². The number of aryl methyl sites for hydroxylation is 2. The molecule has 0 aliphatic carbocycles. The lowest BCUT2D eigenvalue weighted by atomic mass is 9.84. The van der Waals surface area contributed by atoms with Crippen molar-refractivity contribution >= 4 is 11.6 Å². The summed E-state index contributed by atoms with van der Waals surface area (Å²) in [7, 11) is 0. The fraction of sp³-hybridized carbons (Fsp3) is 0.188. The highest BCUT2D eigenvalue weighted by Gasteiger charge is 2.47. The Morgan fingerprint density at radius 2 is 1.79 bits per heavy atom. The Hall–Kier alpha value is -2.13. The van der Waals surface area contributed by atoms with Gasteiger partial charge in [0.15, 0.2) is 5.60 Å². The number of amides is 1. The number of carbonyl (C=O) groups excluding carboxylic acids is 1. The van der Waals surface area contributed by atoms with Crippen molar-refractivity contribution in [1.82, 2.24) is 0 Å². The third-order valence-corrected chi connectivity index (χ3v) is 3.67. The van der Waals surface area contributed by atoms with E-state index >= 15 is 0 Å². The molecule has 1 aliphatic heterocycles. The lowest BCUT2D eigenvalue weighted by Crippen LogP contribution is -2.36. The number of anilines is 1. The molecular weight excluding hydrogens is 238 g/mol. The van der Waals surface area contributed by atoms with Crippen LogP contribution in [0.2, 0.25) is 0 Å². The molecule has 0 spiro atoms. The molecule has 0 saturated heterocycles. The van der Waals surface area contributed by atoms with Crippen LogP contribution < -0.4 is 5.32 Å². The predicted octanol–water partition coefficient (Wildman–Crippen LogP) is 2.49. The van der Waals surface area contributed by atoms with Crippen molar-refractivity contribution in [3.05, 3.63) is 64.7 Å². The monoisotopic (exact) mass is 253 g/mol. The van der Waals surface area contributed by atoms with E-state index in [-0.39, 0.29) is 5.91 Å². The minimum absolute atomic E-state index is 0.388. The Labute approximate surface area is 111 Å². The van der Waals surface area contributed by atoms with Gasteiger partial charge in [-0.25, -0.2) is 0 Å². The van der Waals surface area contributed by atoms with E-state index in [1.165, 1.54) is 0 Å². The molecule has 2 aromatic rings. The Morgan fingerprint density at radius 1 is 1.05 bits per heavy atom. The largest absolute Gasteiger partial charge is 0.372 e. The summed E-state index contributed by atoms with van der Waals surface area (Å²) in [6, 6.07) is 13.0. The van der Waals surface area contributed by atoms with Gasteiger partial charge >= 0.3 is 0 Å². The van der Waals surface area contributed by atoms with E-state index in [0.717, 1.165) is 11.1 Å². The molecule has 0 saturated carbocycles. The van der Waals surface area contributed by atoms with Gasteiger partial charge in [0.05, 0.1) is 0 Å². The zero-order valence-electron chi connectivity index (χ0n) is 10.9. The van der Waals surface area contributed by atoms with Gasteiger partial charge in [-0.05, 0) is 25.5 Å². The van der Waals surface area contributed by atoms with Crippen molar-refractivity contribution in [2.45, 2.75) is 19.4 Å². The zero-order valence-corrected chi connectivity index (χ0v) is 10.9. The van der Waals surface area contributed by atoms with Crippen LogP contribution in [0.25, 0.3) is 0 Å². The quantitative estimate of drug-likeness (QED) is 0.820. The molecular formula is C16H15NO2. The number of carbonyl (C=O) groups is 1. The molecule has 3 nitrogen and oxygen atoms in total. The fourth-order valence-electron chi connectivity index (χ4n) is 2.73. The normalized spacial score (nSPS) is 21.1. The summed E-state index contributed by atoms with van der Waals surface area (Å²) in [4.78, 5) is 12.2. The number of nitrogens with one attached hydrogen (secondary N) is 1. The first-order valence-electron chi connectivity index (χ1n) is 6.24. The summed E-state index contributed by atoms with van der Waals surface area (Å²) in [5.74, 6) is -0.388. The lowest BCUT2D eigenvalue weighted by molar-refractivity contribution is -0.129. The summed E-state index contributed by atoms with van der Waals surface area (Å²) in [6.45, 7) is 3.90. The van der Waals surface area contributed by atoms with Gasteiger partial charge in [-0.2, -0.15) is 0 Å². The van der Waals surface area contributed by atoms with Crippen molar-refractivity contribution < 1.29 is 9.90 Å². The number of para-hydroxylation sites is 1. The lowest BCUT2D eigenvalue weighted by Gasteiger charge is -2.23. The highest BCUT2D eigenvalue weighted by Crippen LogP contribution is 2.41. The maximum atomic E-state index is 12.2. The van der Waals surface area contributed by atoms with Crippen LogP contribution in [-0.4, -0.2) is 11.0 Å². The van der Waals surface area contributed by atoms with Gasteiger partial charge < -0.3 is 10.4 Å². The van der Waals surface area contributed by atoms with E-state index < -0.39 is 5.60 Å². The molecule has 1 amide bonds. The van der Waals surface area contributed by atoms with E-state index in [2.05, 4.69) is 5.32 Å². The maximum absolute atomic E-state index is 12.2. The summed E-state index contributed by atoms with van der Waals surface area (Å²) < 4.78 is 0. The Balaban J connectivity index is 2.25. The van der Waals surface area contributed by atoms with Gasteiger partial charge in [-0.1, -0.05) is 42.0 Å². The smallest absolute Gasteiger partial charge is 0.265 e. The molecule has 1 heterocycles. The maximum Gasteiger partial charge on any atom is 0.265 e. The molecule has 1 atom stereocenters. The van der Waals surface area contributed by atoms with Crippen LogP contribution in [0, 0.1) is 13.8 Å². The number of hydrogen-bond donors (Lipinski definition) is 2. The number of hydrogen-bond acceptors (Lipinski definition) is 2. The molecule has 0 fully saturated rings. The summed E-state index contributed by atoms with van der Waals surface area (Å²) >= 11 is 0. The topological polar surface area (TPSA) is 49.3 Å². The van der Waals surface area contributed by atoms with Gasteiger partial charge in [-0.15, -0.1) is 0 Å². The standard InChI is InChI=1S/C16H15NO2/c1-10-7-8-12(11(2)9-10)16(19)13-5-3-4-6-14(13)17-15(16)18/h3-9,19H,1-2H3,(H,17,18). The predicted molar refractivity (Wildman–Crippen MR) is 74.0 cm³/mol. The number of aliphatic hydroxyl groups is 1. The average Bonchev–Trinajstić information content (AvgIpc) is 2.63. The second-order valence-corrected chi connectivity index (χ2v) is 5.03. The third kappa shape index (κ3) is 1.59. The van der Waals surface area contributed by atoms with Crippen LogP contribution in [0.4, 0.5) is 5.69 Å². The van der Waals surface area contributed by atoms with E-state index in [4.69, 9.17) is 0 Å². The average molecular weight is 253 g/mol. The van der Waals surface area contributed by atoms with Crippen molar-refractivity contribution in [3.8, 4) is 0 Å². The first-order valence-corrected chi connectivity index (χ1v) is 6.24. The van der Waals surface area contributed by atoms with Crippen LogP contribution in [0.1, 0.15) is 22.3 Å². The summed E-state index contributed by atoms with van der Waals surface area (Å²) in [6.07, 6.45) is 0. The van der Waals surface area contributed by atoms with Gasteiger partial charge in [0.2, 0.25) is 0 Å². The van der Waals surface area contributed by atoms with E-state index in [0.29, 0.717) is 16.8 Å². The van der Waals surface area contributed by atoms with Crippen LogP contribution in [-0.2, 0) is 10.4 Å². The molecule has 0 bridgehead atoms. The van der Waals surface area contributed by atoms with Crippen molar-refractivity contribution in [3.63, 3.8) is 0 Å². The molecule has 2 N–H and O–H groups in total. The highest BCUT2D eigenvalue weighted by molar-refractivity contribution is 6.07. The summed E-state index contributed by atoms with van der Waals surface area (Å²) in [5.41, 5.74) is 2.36. The van der Waals surface area contributed by atoms with Gasteiger partial charge in [-0.3, -0.25) is 4.79 Å². The number of fused-ring (bicyclic) bond motifs is 1. The number of benzene rings is 2. The molecule has 1 unspecified atom stereocenters. The minimum atomic E-state index is -1.59. The van der Waals surface area contributed by atoms with E-state index in [1.807, 2.05) is 44.2 Å². The molecule has 2 aromatic carbocycles. The second kappa shape index (κ2) is 3.93. The Kier molecular flexibility index (Phi) is 2.47. The Bertz CT molecular complexity index is 678. The Morgan fingerprint density at radius 3 is 2.53 bits per heavy atom. The fourth-order valence-corrected chi connectivity index (χ4v) is 2.73. The van der Waals surface area contributed by atoms with Crippen molar-refractivity contribution in [1.29, 1.82) is 0 Å². The first kappa shape index (κ1) is 11.9. The van der Waals surface area contributed by atoms with Gasteiger partial charge in [0.25, 0.3) is 5.91 Å². The number of rotatable bonds is 1. The zero-order chi connectivity index (χ0) is 13.6. The first-order chi connectivity index (χ1) is 9.03. The van der Waals surface area contributed by atoms with E-state index in [9.17, 15) is 9.90 Å².